The Kier molecular flexibility index (Phi) is 10.3. The lowest BCUT2D eigenvalue weighted by Crippen LogP contribution is -2.52. The van der Waals surface area contributed by atoms with Gasteiger partial charge in [-0.25, -0.2) is 8.42 Å². The van der Waals surface area contributed by atoms with Crippen LogP contribution < -0.4 is 14.4 Å². The summed E-state index contributed by atoms with van der Waals surface area (Å²) in [6.45, 7) is 1.28. The zero-order valence-corrected chi connectivity index (χ0v) is 26.1. The van der Waals surface area contributed by atoms with E-state index in [0.29, 0.717) is 10.8 Å². The van der Waals surface area contributed by atoms with Crippen LogP contribution in [0.1, 0.15) is 38.2 Å². The summed E-state index contributed by atoms with van der Waals surface area (Å²) in [7, 11) is -2.69. The Labute approximate surface area is 254 Å². The molecule has 0 saturated heterocycles. The molecule has 0 aromatic heterocycles. The summed E-state index contributed by atoms with van der Waals surface area (Å²) < 4.78 is 34.9. The van der Waals surface area contributed by atoms with E-state index in [1.165, 1.54) is 24.1 Å². The molecule has 0 aliphatic heterocycles. The van der Waals surface area contributed by atoms with Crippen LogP contribution >= 0.6 is 27.5 Å². The predicted molar refractivity (Wildman–Crippen MR) is 164 cm³/mol. The van der Waals surface area contributed by atoms with E-state index in [1.54, 1.807) is 43.3 Å². The first kappa shape index (κ1) is 30.9. The highest BCUT2D eigenvalue weighted by Gasteiger charge is 2.33. The third-order valence-corrected chi connectivity index (χ3v) is 9.74. The monoisotopic (exact) mass is 661 g/mol. The quantitative estimate of drug-likeness (QED) is 0.281. The van der Waals surface area contributed by atoms with E-state index in [-0.39, 0.29) is 29.1 Å². The molecule has 1 fully saturated rings. The molecule has 3 aromatic carbocycles. The molecule has 1 saturated carbocycles. The van der Waals surface area contributed by atoms with E-state index in [0.717, 1.165) is 40.0 Å². The molecule has 0 unspecified atom stereocenters. The van der Waals surface area contributed by atoms with Gasteiger partial charge in [-0.1, -0.05) is 52.5 Å². The number of carbonyl (C=O) groups excluding carboxylic acids is 2. The van der Waals surface area contributed by atoms with Crippen molar-refractivity contribution in [2.45, 2.75) is 56.1 Å². The zero-order valence-electron chi connectivity index (χ0n) is 22.9. The maximum atomic E-state index is 14.0. The van der Waals surface area contributed by atoms with Crippen molar-refractivity contribution >= 4 is 55.1 Å². The highest BCUT2D eigenvalue weighted by molar-refractivity contribution is 9.10. The Bertz CT molecular complexity index is 1440. The average molecular weight is 663 g/mol. The second-order valence-electron chi connectivity index (χ2n) is 9.98. The smallest absolute Gasteiger partial charge is 0.264 e. The van der Waals surface area contributed by atoms with Gasteiger partial charge in [-0.05, 0) is 86.0 Å². The molecular formula is C30H33BrClN3O5S. The van der Waals surface area contributed by atoms with Crippen LogP contribution in [0.3, 0.4) is 0 Å². The van der Waals surface area contributed by atoms with Crippen LogP contribution in [0.4, 0.5) is 5.69 Å². The van der Waals surface area contributed by atoms with Gasteiger partial charge in [0, 0.05) is 22.1 Å². The van der Waals surface area contributed by atoms with Gasteiger partial charge in [-0.15, -0.1) is 0 Å². The summed E-state index contributed by atoms with van der Waals surface area (Å²) in [5.41, 5.74) is 1.07. The molecule has 3 aromatic rings. The average Bonchev–Trinajstić information content (AvgIpc) is 3.48. The highest BCUT2D eigenvalue weighted by atomic mass is 79.9. The Morgan fingerprint density at radius 3 is 2.20 bits per heavy atom. The molecule has 41 heavy (non-hydrogen) atoms. The van der Waals surface area contributed by atoms with Crippen LogP contribution in [0.15, 0.2) is 82.2 Å². The maximum absolute atomic E-state index is 14.0. The number of nitrogens with one attached hydrogen (secondary N) is 1. The highest BCUT2D eigenvalue weighted by Crippen LogP contribution is 2.27. The lowest BCUT2D eigenvalue weighted by Gasteiger charge is -2.32. The van der Waals surface area contributed by atoms with Crippen molar-refractivity contribution in [1.82, 2.24) is 10.2 Å². The molecule has 11 heteroatoms. The second-order valence-corrected chi connectivity index (χ2v) is 13.2. The number of rotatable bonds is 11. The minimum absolute atomic E-state index is 0.00691. The topological polar surface area (TPSA) is 96.0 Å². The second kappa shape index (κ2) is 13.7. The largest absolute Gasteiger partial charge is 0.497 e. The number of hydrogen-bond donors (Lipinski definition) is 1. The predicted octanol–water partition coefficient (Wildman–Crippen LogP) is 5.78. The maximum Gasteiger partial charge on any atom is 0.264 e. The van der Waals surface area contributed by atoms with Crippen molar-refractivity contribution in [1.29, 1.82) is 0 Å². The molecule has 2 amide bonds. The number of hydrogen-bond acceptors (Lipinski definition) is 5. The van der Waals surface area contributed by atoms with E-state index < -0.39 is 28.5 Å². The lowest BCUT2D eigenvalue weighted by molar-refractivity contribution is -0.139. The molecule has 1 atom stereocenters. The minimum Gasteiger partial charge on any atom is -0.497 e. The normalized spacial score (nSPS) is 14.3. The van der Waals surface area contributed by atoms with Crippen molar-refractivity contribution in [3.05, 3.63) is 87.9 Å². The molecule has 1 aliphatic carbocycles. The SMILES string of the molecule is COc1ccc(S(=O)(=O)N(CC(=O)N(Cc2ccc(Br)cc2)[C@@H](C)C(=O)NC2CCCC2)c2ccc(Cl)cc2)cc1. The third kappa shape index (κ3) is 7.81. The molecule has 0 spiro atoms. The number of carbonyl (C=O) groups is 2. The zero-order chi connectivity index (χ0) is 29.6. The first-order valence-corrected chi connectivity index (χ1v) is 16.0. The number of methoxy groups -OCH3 is 1. The number of anilines is 1. The van der Waals surface area contributed by atoms with Crippen molar-refractivity contribution in [3.8, 4) is 5.75 Å². The third-order valence-electron chi connectivity index (χ3n) is 7.18. The number of amides is 2. The standard InChI is InChI=1S/C30H33BrClN3O5S/c1-21(30(37)33-25-5-3-4-6-25)34(19-22-7-9-23(31)10-8-22)29(36)20-35(26-13-11-24(32)12-14-26)41(38,39)28-17-15-27(40-2)16-18-28/h7-18,21,25H,3-6,19-20H2,1-2H3,(H,33,37)/t21-/m0/s1. The first-order chi connectivity index (χ1) is 19.6. The Balaban J connectivity index is 1.67. The van der Waals surface area contributed by atoms with E-state index >= 15 is 0 Å². The van der Waals surface area contributed by atoms with Crippen molar-refractivity contribution < 1.29 is 22.7 Å². The summed E-state index contributed by atoms with van der Waals surface area (Å²) >= 11 is 9.50. The summed E-state index contributed by atoms with van der Waals surface area (Å²) in [6, 6.07) is 18.9. The van der Waals surface area contributed by atoms with E-state index in [4.69, 9.17) is 16.3 Å². The van der Waals surface area contributed by atoms with Crippen LogP contribution in [-0.2, 0) is 26.2 Å². The minimum atomic E-state index is -4.18. The molecule has 0 radical (unpaired) electrons. The van der Waals surface area contributed by atoms with Gasteiger partial charge in [0.15, 0.2) is 0 Å². The summed E-state index contributed by atoms with van der Waals surface area (Å²) in [6.07, 6.45) is 3.92. The Hall–Kier alpha value is -3.08. The van der Waals surface area contributed by atoms with Gasteiger partial charge in [0.2, 0.25) is 11.8 Å². The summed E-state index contributed by atoms with van der Waals surface area (Å²) in [5, 5.41) is 3.50. The Morgan fingerprint density at radius 1 is 1.00 bits per heavy atom. The van der Waals surface area contributed by atoms with Gasteiger partial charge in [0.25, 0.3) is 10.0 Å². The van der Waals surface area contributed by atoms with Crippen LogP contribution in [0.5, 0.6) is 5.75 Å². The summed E-state index contributed by atoms with van der Waals surface area (Å²) in [4.78, 5) is 28.7. The van der Waals surface area contributed by atoms with Gasteiger partial charge < -0.3 is 15.0 Å². The van der Waals surface area contributed by atoms with Crippen LogP contribution in [0.25, 0.3) is 0 Å². The van der Waals surface area contributed by atoms with Gasteiger partial charge >= 0.3 is 0 Å². The molecule has 8 nitrogen and oxygen atoms in total. The molecular weight excluding hydrogens is 630 g/mol. The van der Waals surface area contributed by atoms with Crippen molar-refractivity contribution in [2.24, 2.45) is 0 Å². The fraction of sp³-hybridized carbons (Fsp3) is 0.333. The fourth-order valence-corrected chi connectivity index (χ4v) is 6.58. The lowest BCUT2D eigenvalue weighted by atomic mass is 10.1. The van der Waals surface area contributed by atoms with E-state index in [9.17, 15) is 18.0 Å². The summed E-state index contributed by atoms with van der Waals surface area (Å²) in [5.74, 6) is -0.284. The van der Waals surface area contributed by atoms with Gasteiger partial charge in [-0.2, -0.15) is 0 Å². The molecule has 0 bridgehead atoms. The van der Waals surface area contributed by atoms with Crippen LogP contribution in [0, 0.1) is 0 Å². The van der Waals surface area contributed by atoms with E-state index in [2.05, 4.69) is 21.2 Å². The number of benzene rings is 3. The van der Waals surface area contributed by atoms with Gasteiger partial charge in [0.05, 0.1) is 17.7 Å². The van der Waals surface area contributed by atoms with Crippen molar-refractivity contribution in [3.63, 3.8) is 0 Å². The number of nitrogens with zero attached hydrogens (tertiary/aromatic N) is 2. The molecule has 218 valence electrons. The number of sulfonamides is 1. The molecule has 0 heterocycles. The fourth-order valence-electron chi connectivity index (χ4n) is 4.77. The molecule has 1 N–H and O–H groups in total. The van der Waals surface area contributed by atoms with Crippen molar-refractivity contribution in [2.75, 3.05) is 18.0 Å². The van der Waals surface area contributed by atoms with Crippen LogP contribution in [0.2, 0.25) is 5.02 Å². The Morgan fingerprint density at radius 2 is 1.61 bits per heavy atom. The van der Waals surface area contributed by atoms with Gasteiger partial charge in [-0.3, -0.25) is 13.9 Å². The first-order valence-electron chi connectivity index (χ1n) is 13.3. The number of halogens is 2. The molecule has 4 rings (SSSR count). The molecule has 1 aliphatic rings. The number of ether oxygens (including phenoxy) is 1. The van der Waals surface area contributed by atoms with Gasteiger partial charge in [0.1, 0.15) is 18.3 Å². The van der Waals surface area contributed by atoms with Crippen LogP contribution in [-0.4, -0.2) is 50.9 Å². The van der Waals surface area contributed by atoms with E-state index in [1.807, 2.05) is 24.3 Å².